The highest BCUT2D eigenvalue weighted by Crippen LogP contribution is 2.36. The molecular weight excluding hydrogens is 389 g/mol. The average Bonchev–Trinajstić information content (AvgIpc) is 2.59. The molecule has 2 rings (SSSR count). The van der Waals surface area contributed by atoms with Crippen molar-refractivity contribution in [1.29, 1.82) is 0 Å². The third-order valence-corrected chi connectivity index (χ3v) is 5.43. The Morgan fingerprint density at radius 2 is 2.00 bits per heavy atom. The van der Waals surface area contributed by atoms with Gasteiger partial charge in [-0.2, -0.15) is 0 Å². The van der Waals surface area contributed by atoms with E-state index in [0.717, 1.165) is 9.79 Å². The van der Waals surface area contributed by atoms with Gasteiger partial charge in [-0.3, -0.25) is 9.69 Å². The van der Waals surface area contributed by atoms with Gasteiger partial charge in [0.15, 0.2) is 0 Å². The Balaban J connectivity index is 2.12. The summed E-state index contributed by atoms with van der Waals surface area (Å²) in [5, 5.41) is 9.10. The van der Waals surface area contributed by atoms with Gasteiger partial charge in [-0.15, -0.1) is 0 Å². The second kappa shape index (κ2) is 9.97. The zero-order valence-corrected chi connectivity index (χ0v) is 17.1. The van der Waals surface area contributed by atoms with Gasteiger partial charge in [-0.1, -0.05) is 49.3 Å². The van der Waals surface area contributed by atoms with Gasteiger partial charge in [0.25, 0.3) is 0 Å². The van der Waals surface area contributed by atoms with Gasteiger partial charge in [-0.25, -0.2) is 4.39 Å². The minimum Gasteiger partial charge on any atom is -0.491 e. The van der Waals surface area contributed by atoms with Crippen molar-refractivity contribution in [3.05, 3.63) is 53.3 Å². The Hall–Kier alpha value is -1.76. The SMILES string of the molecule is CC(C)C(COc1ccccc1Sc1ccc(F)c(Cl)c1)N(C)CC(=O)O. The molecule has 27 heavy (non-hydrogen) atoms. The second-order valence-electron chi connectivity index (χ2n) is 6.56. The highest BCUT2D eigenvalue weighted by atomic mass is 35.5. The van der Waals surface area contributed by atoms with Crippen molar-refractivity contribution in [1.82, 2.24) is 4.90 Å². The summed E-state index contributed by atoms with van der Waals surface area (Å²) in [6.07, 6.45) is 0. The number of nitrogens with zero attached hydrogens (tertiary/aromatic N) is 1. The van der Waals surface area contributed by atoms with Gasteiger partial charge in [0.05, 0.1) is 16.5 Å². The first kappa shape index (κ1) is 21.5. The number of hydrogen-bond donors (Lipinski definition) is 1. The molecule has 0 saturated heterocycles. The summed E-state index contributed by atoms with van der Waals surface area (Å²) in [4.78, 5) is 14.5. The Morgan fingerprint density at radius 3 is 2.63 bits per heavy atom. The molecule has 0 radical (unpaired) electrons. The molecule has 0 aliphatic heterocycles. The van der Waals surface area contributed by atoms with Crippen LogP contribution in [0.15, 0.2) is 52.3 Å². The molecule has 2 aromatic rings. The van der Waals surface area contributed by atoms with Crippen LogP contribution in [0.1, 0.15) is 13.8 Å². The molecular formula is C20H23ClFNO3S. The van der Waals surface area contributed by atoms with E-state index < -0.39 is 11.8 Å². The van der Waals surface area contributed by atoms with Crippen LogP contribution in [0.5, 0.6) is 5.75 Å². The van der Waals surface area contributed by atoms with Crippen molar-refractivity contribution in [2.75, 3.05) is 20.2 Å². The maximum absolute atomic E-state index is 13.4. The zero-order valence-electron chi connectivity index (χ0n) is 15.5. The number of halogens is 2. The number of aliphatic carboxylic acids is 1. The number of carboxylic acid groups (broad SMARTS) is 1. The van der Waals surface area contributed by atoms with Crippen LogP contribution in [0, 0.1) is 11.7 Å². The molecule has 1 atom stereocenters. The Bertz CT molecular complexity index is 788. The van der Waals surface area contributed by atoms with Crippen molar-refractivity contribution in [3.8, 4) is 5.75 Å². The molecule has 4 nitrogen and oxygen atoms in total. The largest absolute Gasteiger partial charge is 0.491 e. The van der Waals surface area contributed by atoms with Crippen LogP contribution >= 0.6 is 23.4 Å². The molecule has 0 aliphatic carbocycles. The number of ether oxygens (including phenoxy) is 1. The van der Waals surface area contributed by atoms with E-state index in [-0.39, 0.29) is 23.5 Å². The summed E-state index contributed by atoms with van der Waals surface area (Å²) in [7, 11) is 1.78. The molecule has 0 aromatic heterocycles. The average molecular weight is 412 g/mol. The first-order chi connectivity index (χ1) is 12.8. The summed E-state index contributed by atoms with van der Waals surface area (Å²) < 4.78 is 19.4. The van der Waals surface area contributed by atoms with Crippen molar-refractivity contribution < 1.29 is 19.0 Å². The first-order valence-electron chi connectivity index (χ1n) is 8.54. The highest BCUT2D eigenvalue weighted by molar-refractivity contribution is 7.99. The lowest BCUT2D eigenvalue weighted by Gasteiger charge is -2.30. The van der Waals surface area contributed by atoms with Crippen molar-refractivity contribution in [2.24, 2.45) is 5.92 Å². The van der Waals surface area contributed by atoms with Gasteiger partial charge in [-0.05, 0) is 43.3 Å². The van der Waals surface area contributed by atoms with Crippen molar-refractivity contribution >= 4 is 29.3 Å². The lowest BCUT2D eigenvalue weighted by molar-refractivity contribution is -0.138. The maximum atomic E-state index is 13.4. The Labute approximate surface area is 168 Å². The summed E-state index contributed by atoms with van der Waals surface area (Å²) >= 11 is 7.29. The molecule has 0 fully saturated rings. The van der Waals surface area contributed by atoms with Gasteiger partial charge < -0.3 is 9.84 Å². The van der Waals surface area contributed by atoms with Gasteiger partial charge >= 0.3 is 5.97 Å². The normalized spacial score (nSPS) is 12.4. The quantitative estimate of drug-likeness (QED) is 0.625. The molecule has 0 amide bonds. The van der Waals surface area contributed by atoms with E-state index in [0.29, 0.717) is 12.4 Å². The number of hydrogen-bond acceptors (Lipinski definition) is 4. The van der Waals surface area contributed by atoms with E-state index in [1.54, 1.807) is 24.1 Å². The summed E-state index contributed by atoms with van der Waals surface area (Å²) in [6.45, 7) is 4.39. The van der Waals surface area contributed by atoms with Crippen molar-refractivity contribution in [3.63, 3.8) is 0 Å². The molecule has 7 heteroatoms. The van der Waals surface area contributed by atoms with E-state index in [9.17, 15) is 9.18 Å². The molecule has 2 aromatic carbocycles. The number of carbonyl (C=O) groups is 1. The molecule has 0 saturated carbocycles. The van der Waals surface area contributed by atoms with Crippen LogP contribution in [-0.2, 0) is 4.79 Å². The fraction of sp³-hybridized carbons (Fsp3) is 0.350. The summed E-state index contributed by atoms with van der Waals surface area (Å²) in [5.74, 6) is -0.401. The van der Waals surface area contributed by atoms with Crippen LogP contribution in [0.2, 0.25) is 5.02 Å². The van der Waals surface area contributed by atoms with Crippen molar-refractivity contribution in [2.45, 2.75) is 29.7 Å². The number of rotatable bonds is 9. The Kier molecular flexibility index (Phi) is 7.95. The molecule has 0 spiro atoms. The number of likely N-dealkylation sites (N-methyl/N-ethyl adjacent to an activating group) is 1. The van der Waals surface area contributed by atoms with Gasteiger partial charge in [0.1, 0.15) is 18.2 Å². The fourth-order valence-electron chi connectivity index (χ4n) is 2.66. The molecule has 0 heterocycles. The predicted octanol–water partition coefficient (Wildman–Crippen LogP) is 5.05. The topological polar surface area (TPSA) is 49.8 Å². The third kappa shape index (κ3) is 6.41. The maximum Gasteiger partial charge on any atom is 0.317 e. The molecule has 1 N–H and O–H groups in total. The minimum atomic E-state index is -0.868. The fourth-order valence-corrected chi connectivity index (χ4v) is 3.84. The minimum absolute atomic E-state index is 0.0422. The molecule has 146 valence electrons. The monoisotopic (exact) mass is 411 g/mol. The smallest absolute Gasteiger partial charge is 0.317 e. The molecule has 1 unspecified atom stereocenters. The highest BCUT2D eigenvalue weighted by Gasteiger charge is 2.22. The number of benzene rings is 2. The van der Waals surface area contributed by atoms with E-state index in [1.807, 2.05) is 38.1 Å². The second-order valence-corrected chi connectivity index (χ2v) is 8.08. The Morgan fingerprint density at radius 1 is 1.30 bits per heavy atom. The molecule has 0 aliphatic rings. The lowest BCUT2D eigenvalue weighted by atomic mass is 10.0. The summed E-state index contributed by atoms with van der Waals surface area (Å²) in [6, 6.07) is 12.1. The first-order valence-corrected chi connectivity index (χ1v) is 9.74. The lowest BCUT2D eigenvalue weighted by Crippen LogP contribution is -2.43. The van der Waals surface area contributed by atoms with E-state index >= 15 is 0 Å². The van der Waals surface area contributed by atoms with Crippen LogP contribution in [0.4, 0.5) is 4.39 Å². The third-order valence-electron chi connectivity index (χ3n) is 4.10. The van der Waals surface area contributed by atoms with E-state index in [2.05, 4.69) is 0 Å². The number of para-hydroxylation sites is 1. The van der Waals surface area contributed by atoms with Crippen LogP contribution < -0.4 is 4.74 Å². The zero-order chi connectivity index (χ0) is 20.0. The van der Waals surface area contributed by atoms with Crippen LogP contribution in [-0.4, -0.2) is 42.2 Å². The van der Waals surface area contributed by atoms with Gasteiger partial charge in [0, 0.05) is 10.9 Å². The molecule has 0 bridgehead atoms. The van der Waals surface area contributed by atoms with Crippen LogP contribution in [0.3, 0.4) is 0 Å². The van der Waals surface area contributed by atoms with E-state index in [1.165, 1.54) is 17.8 Å². The standard InChI is InChI=1S/C20H23ClFNO3S/c1-13(2)17(23(3)11-20(24)25)12-26-18-6-4-5-7-19(18)27-14-8-9-16(22)15(21)10-14/h4-10,13,17H,11-12H2,1-3H3,(H,24,25). The summed E-state index contributed by atoms with van der Waals surface area (Å²) in [5.41, 5.74) is 0. The predicted molar refractivity (Wildman–Crippen MR) is 106 cm³/mol. The number of carboxylic acids is 1. The van der Waals surface area contributed by atoms with Crippen LogP contribution in [0.25, 0.3) is 0 Å². The van der Waals surface area contributed by atoms with Gasteiger partial charge in [0.2, 0.25) is 0 Å². The van der Waals surface area contributed by atoms with E-state index in [4.69, 9.17) is 21.4 Å².